The first kappa shape index (κ1) is 14.3. The second kappa shape index (κ2) is 6.38. The highest BCUT2D eigenvalue weighted by Gasteiger charge is 2.28. The summed E-state index contributed by atoms with van der Waals surface area (Å²) in [6.07, 6.45) is 0.220. The molecule has 20 heavy (non-hydrogen) atoms. The smallest absolute Gasteiger partial charge is 0.404 e. The number of nitrogens with zero attached hydrogens (tertiary/aromatic N) is 1. The first-order chi connectivity index (χ1) is 9.60. The molecule has 1 saturated heterocycles. The number of amides is 2. The molecule has 8 nitrogen and oxygen atoms in total. The number of hydrogen-bond acceptors (Lipinski definition) is 5. The number of carbonyl (C=O) groups is 2. The van der Waals surface area contributed by atoms with E-state index in [2.05, 4.69) is 21.1 Å². The summed E-state index contributed by atoms with van der Waals surface area (Å²) in [5.74, 6) is 0.374. The number of nitrogens with one attached hydrogen (secondary N) is 3. The molecule has 0 saturated carbocycles. The molecule has 1 aliphatic heterocycles. The van der Waals surface area contributed by atoms with E-state index in [1.54, 1.807) is 0 Å². The molecule has 2 unspecified atom stereocenters. The molecular formula is C12H18N4O4. The van der Waals surface area contributed by atoms with E-state index in [-0.39, 0.29) is 23.6 Å². The number of carboxylic acid groups (broad SMARTS) is 1. The van der Waals surface area contributed by atoms with Crippen LogP contribution in [0.5, 0.6) is 0 Å². The van der Waals surface area contributed by atoms with Gasteiger partial charge in [-0.25, -0.2) is 4.79 Å². The highest BCUT2D eigenvalue weighted by Crippen LogP contribution is 2.17. The summed E-state index contributed by atoms with van der Waals surface area (Å²) >= 11 is 0. The third-order valence-corrected chi connectivity index (χ3v) is 3.42. The van der Waals surface area contributed by atoms with Gasteiger partial charge in [-0.15, -0.1) is 0 Å². The average Bonchev–Trinajstić information content (AvgIpc) is 3.07. The zero-order valence-electron chi connectivity index (χ0n) is 11.2. The molecule has 2 heterocycles. The van der Waals surface area contributed by atoms with Crippen LogP contribution in [0.1, 0.15) is 22.7 Å². The molecule has 8 heteroatoms. The zero-order valence-corrected chi connectivity index (χ0v) is 11.2. The maximum absolute atomic E-state index is 11.4. The minimum absolute atomic E-state index is 0.195. The quantitative estimate of drug-likeness (QED) is 0.595. The van der Waals surface area contributed by atoms with Gasteiger partial charge in [0.1, 0.15) is 5.76 Å². The van der Waals surface area contributed by atoms with Gasteiger partial charge >= 0.3 is 6.09 Å². The second-order valence-electron chi connectivity index (χ2n) is 4.77. The van der Waals surface area contributed by atoms with Gasteiger partial charge in [-0.2, -0.15) is 0 Å². The van der Waals surface area contributed by atoms with Crippen molar-refractivity contribution >= 4 is 12.0 Å². The van der Waals surface area contributed by atoms with E-state index in [9.17, 15) is 9.59 Å². The fraction of sp³-hybridized carbons (Fsp3) is 0.583. The fourth-order valence-electron chi connectivity index (χ4n) is 2.38. The van der Waals surface area contributed by atoms with E-state index >= 15 is 0 Å². The predicted molar refractivity (Wildman–Crippen MR) is 69.5 cm³/mol. The molecule has 1 aromatic heterocycles. The minimum Gasteiger partial charge on any atom is -0.465 e. The summed E-state index contributed by atoms with van der Waals surface area (Å²) in [6.45, 7) is 1.64. The molecule has 0 aromatic carbocycles. The van der Waals surface area contributed by atoms with Gasteiger partial charge in [0.25, 0.3) is 5.91 Å². The summed E-state index contributed by atoms with van der Waals surface area (Å²) in [5, 5.41) is 20.7. The van der Waals surface area contributed by atoms with Crippen LogP contribution in [0.2, 0.25) is 0 Å². The maximum atomic E-state index is 11.4. The first-order valence-electron chi connectivity index (χ1n) is 6.48. The zero-order chi connectivity index (χ0) is 14.5. The number of rotatable bonds is 5. The van der Waals surface area contributed by atoms with Crippen LogP contribution >= 0.6 is 0 Å². The van der Waals surface area contributed by atoms with Crippen molar-refractivity contribution in [1.82, 2.24) is 21.1 Å². The molecular weight excluding hydrogens is 264 g/mol. The minimum atomic E-state index is -1.06. The Morgan fingerprint density at radius 2 is 2.45 bits per heavy atom. The normalized spacial score (nSPS) is 19.6. The Hall–Kier alpha value is -2.09. The van der Waals surface area contributed by atoms with E-state index in [4.69, 9.17) is 9.63 Å². The molecule has 2 rings (SSSR count). The molecule has 0 aliphatic carbocycles. The average molecular weight is 282 g/mol. The standard InChI is InChI=1S/C12H18N4O4/c1-13-11(17)10-5-8(20-16-10)4-9(15-12(18)19)7-2-3-14-6-7/h5,7,9,14-15H,2-4,6H2,1H3,(H,13,17)(H,18,19). The van der Waals surface area contributed by atoms with Crippen molar-refractivity contribution in [3.63, 3.8) is 0 Å². The third kappa shape index (κ3) is 3.47. The lowest BCUT2D eigenvalue weighted by Crippen LogP contribution is -2.41. The SMILES string of the molecule is CNC(=O)c1cc(CC(NC(=O)O)C2CCNC2)on1. The summed E-state index contributed by atoms with van der Waals surface area (Å²) < 4.78 is 5.10. The third-order valence-electron chi connectivity index (χ3n) is 3.42. The van der Waals surface area contributed by atoms with Crippen molar-refractivity contribution in [3.05, 3.63) is 17.5 Å². The van der Waals surface area contributed by atoms with E-state index in [0.29, 0.717) is 12.2 Å². The molecule has 4 N–H and O–H groups in total. The second-order valence-corrected chi connectivity index (χ2v) is 4.77. The summed E-state index contributed by atoms with van der Waals surface area (Å²) in [7, 11) is 1.51. The van der Waals surface area contributed by atoms with E-state index in [1.165, 1.54) is 13.1 Å². The van der Waals surface area contributed by atoms with Crippen LogP contribution < -0.4 is 16.0 Å². The van der Waals surface area contributed by atoms with Crippen LogP contribution in [0.4, 0.5) is 4.79 Å². The highest BCUT2D eigenvalue weighted by molar-refractivity contribution is 5.91. The van der Waals surface area contributed by atoms with Crippen LogP contribution in [0, 0.1) is 5.92 Å². The summed E-state index contributed by atoms with van der Waals surface area (Å²) in [4.78, 5) is 22.3. The van der Waals surface area contributed by atoms with Crippen LogP contribution in [-0.4, -0.2) is 48.4 Å². The number of aromatic nitrogens is 1. The summed E-state index contributed by atoms with van der Waals surface area (Å²) in [6, 6.07) is 1.28. The number of hydrogen-bond donors (Lipinski definition) is 4. The van der Waals surface area contributed by atoms with Gasteiger partial charge in [0.15, 0.2) is 5.69 Å². The maximum Gasteiger partial charge on any atom is 0.404 e. The molecule has 1 aliphatic rings. The monoisotopic (exact) mass is 282 g/mol. The van der Waals surface area contributed by atoms with Gasteiger partial charge < -0.3 is 25.6 Å². The molecule has 0 bridgehead atoms. The van der Waals surface area contributed by atoms with Crippen molar-refractivity contribution in [2.75, 3.05) is 20.1 Å². The Morgan fingerprint density at radius 1 is 1.65 bits per heavy atom. The number of carbonyl (C=O) groups excluding carboxylic acids is 1. The van der Waals surface area contributed by atoms with Crippen molar-refractivity contribution in [3.8, 4) is 0 Å². The molecule has 2 amide bonds. The van der Waals surface area contributed by atoms with Gasteiger partial charge in [0.2, 0.25) is 0 Å². The Morgan fingerprint density at radius 3 is 3.05 bits per heavy atom. The van der Waals surface area contributed by atoms with Gasteiger partial charge in [0, 0.05) is 25.6 Å². The molecule has 110 valence electrons. The Bertz CT molecular complexity index is 482. The molecule has 0 radical (unpaired) electrons. The highest BCUT2D eigenvalue weighted by atomic mass is 16.5. The van der Waals surface area contributed by atoms with Crippen molar-refractivity contribution in [2.24, 2.45) is 5.92 Å². The predicted octanol–water partition coefficient (Wildman–Crippen LogP) is -0.178. The van der Waals surface area contributed by atoms with Crippen LogP contribution in [0.3, 0.4) is 0 Å². The lowest BCUT2D eigenvalue weighted by Gasteiger charge is -2.21. The lowest BCUT2D eigenvalue weighted by atomic mass is 9.95. The Balaban J connectivity index is 2.04. The van der Waals surface area contributed by atoms with Crippen LogP contribution in [0.15, 0.2) is 10.6 Å². The Kier molecular flexibility index (Phi) is 4.57. The van der Waals surface area contributed by atoms with E-state index in [1.807, 2.05) is 0 Å². The lowest BCUT2D eigenvalue weighted by molar-refractivity contribution is 0.0954. The summed E-state index contributed by atoms with van der Waals surface area (Å²) in [5.41, 5.74) is 0.195. The van der Waals surface area contributed by atoms with E-state index in [0.717, 1.165) is 19.5 Å². The van der Waals surface area contributed by atoms with Crippen molar-refractivity contribution < 1.29 is 19.2 Å². The van der Waals surface area contributed by atoms with E-state index < -0.39 is 6.09 Å². The fourth-order valence-corrected chi connectivity index (χ4v) is 2.38. The first-order valence-corrected chi connectivity index (χ1v) is 6.48. The molecule has 0 spiro atoms. The topological polar surface area (TPSA) is 116 Å². The molecule has 2 atom stereocenters. The van der Waals surface area contributed by atoms with Crippen LogP contribution in [-0.2, 0) is 6.42 Å². The molecule has 1 fully saturated rings. The van der Waals surface area contributed by atoms with Gasteiger partial charge in [0.05, 0.1) is 0 Å². The van der Waals surface area contributed by atoms with Gasteiger partial charge in [-0.1, -0.05) is 5.16 Å². The molecule has 1 aromatic rings. The van der Waals surface area contributed by atoms with Crippen molar-refractivity contribution in [2.45, 2.75) is 18.9 Å². The Labute approximate surface area is 115 Å². The van der Waals surface area contributed by atoms with Gasteiger partial charge in [-0.05, 0) is 25.4 Å². The van der Waals surface area contributed by atoms with Crippen molar-refractivity contribution in [1.29, 1.82) is 0 Å². The van der Waals surface area contributed by atoms with Crippen LogP contribution in [0.25, 0.3) is 0 Å². The van der Waals surface area contributed by atoms with Gasteiger partial charge in [-0.3, -0.25) is 4.79 Å². The largest absolute Gasteiger partial charge is 0.465 e.